The molecular weight excluding hydrogens is 335 g/mol. The number of hydrogen-bond acceptors (Lipinski definition) is 3. The number of piperidine rings is 1. The van der Waals surface area contributed by atoms with Crippen molar-refractivity contribution in [2.75, 3.05) is 19.6 Å². The zero-order valence-corrected chi connectivity index (χ0v) is 15.3. The normalized spacial score (nSPS) is 23.7. The minimum absolute atomic E-state index is 0.183. The van der Waals surface area contributed by atoms with E-state index in [1.165, 1.54) is 23.4 Å². The summed E-state index contributed by atoms with van der Waals surface area (Å²) in [5.74, 6) is 0.521. The third-order valence-electron chi connectivity index (χ3n) is 5.35. The molecule has 5 heteroatoms. The molecule has 1 amide bonds. The lowest BCUT2D eigenvalue weighted by Gasteiger charge is -2.36. The third kappa shape index (κ3) is 3.62. The summed E-state index contributed by atoms with van der Waals surface area (Å²) in [4.78, 5) is 18.6. The smallest absolute Gasteiger partial charge is 0.255 e. The Morgan fingerprint density at radius 2 is 2.00 bits per heavy atom. The quantitative estimate of drug-likeness (QED) is 0.830. The first kappa shape index (κ1) is 16.7. The Morgan fingerprint density at radius 3 is 2.72 bits per heavy atom. The number of fused-ring (bicyclic) bond motifs is 4. The van der Waals surface area contributed by atoms with E-state index >= 15 is 0 Å². The van der Waals surface area contributed by atoms with Gasteiger partial charge in [0.1, 0.15) is 5.82 Å². The Morgan fingerprint density at radius 1 is 1.20 bits per heavy atom. The van der Waals surface area contributed by atoms with Gasteiger partial charge in [-0.05, 0) is 49.4 Å². The van der Waals surface area contributed by atoms with Gasteiger partial charge < -0.3 is 4.90 Å². The maximum absolute atomic E-state index is 13.1. The molecule has 0 saturated carbocycles. The van der Waals surface area contributed by atoms with Crippen molar-refractivity contribution < 1.29 is 9.18 Å². The highest BCUT2D eigenvalue weighted by Gasteiger charge is 2.37. The minimum Gasteiger partial charge on any atom is -0.334 e. The molecule has 1 aromatic heterocycles. The van der Waals surface area contributed by atoms with Crippen LogP contribution >= 0.6 is 11.3 Å². The van der Waals surface area contributed by atoms with E-state index < -0.39 is 0 Å². The maximum Gasteiger partial charge on any atom is 0.255 e. The number of benzene rings is 1. The van der Waals surface area contributed by atoms with Crippen LogP contribution in [0.1, 0.15) is 33.6 Å². The second kappa shape index (κ2) is 6.89. The number of halogens is 1. The van der Waals surface area contributed by atoms with Crippen molar-refractivity contribution in [3.8, 4) is 0 Å². The zero-order valence-electron chi connectivity index (χ0n) is 14.5. The van der Waals surface area contributed by atoms with E-state index in [1.807, 2.05) is 30.5 Å². The molecule has 0 aliphatic carbocycles. The van der Waals surface area contributed by atoms with Crippen LogP contribution in [-0.4, -0.2) is 41.4 Å². The van der Waals surface area contributed by atoms with Gasteiger partial charge >= 0.3 is 0 Å². The predicted octanol–water partition coefficient (Wildman–Crippen LogP) is 3.93. The Labute approximate surface area is 152 Å². The second-order valence-electron chi connectivity index (χ2n) is 7.32. The third-order valence-corrected chi connectivity index (χ3v) is 6.21. The maximum atomic E-state index is 13.1. The van der Waals surface area contributed by atoms with Crippen LogP contribution in [0.5, 0.6) is 0 Å². The van der Waals surface area contributed by atoms with Gasteiger partial charge in [0.2, 0.25) is 0 Å². The molecule has 0 spiro atoms. The van der Waals surface area contributed by atoms with Crippen molar-refractivity contribution >= 4 is 17.2 Å². The topological polar surface area (TPSA) is 23.6 Å². The number of nitrogens with zero attached hydrogens (tertiary/aromatic N) is 2. The number of rotatable bonds is 3. The summed E-state index contributed by atoms with van der Waals surface area (Å²) in [6.45, 7) is 5.65. The average Bonchev–Trinajstić information content (AvgIpc) is 2.85. The van der Waals surface area contributed by atoms with E-state index in [9.17, 15) is 9.18 Å². The molecule has 3 nitrogen and oxygen atoms in total. The highest BCUT2D eigenvalue weighted by atomic mass is 32.1. The van der Waals surface area contributed by atoms with Gasteiger partial charge in [-0.3, -0.25) is 9.69 Å². The van der Waals surface area contributed by atoms with Crippen LogP contribution in [0.15, 0.2) is 35.7 Å². The highest BCUT2D eigenvalue weighted by Crippen LogP contribution is 2.30. The van der Waals surface area contributed by atoms with E-state index in [0.717, 1.165) is 43.7 Å². The molecule has 1 aromatic carbocycles. The Balaban J connectivity index is 1.48. The van der Waals surface area contributed by atoms with E-state index in [1.54, 1.807) is 11.3 Å². The summed E-state index contributed by atoms with van der Waals surface area (Å²) in [7, 11) is 0. The van der Waals surface area contributed by atoms with Crippen molar-refractivity contribution in [1.29, 1.82) is 0 Å². The van der Waals surface area contributed by atoms with Crippen molar-refractivity contribution in [2.45, 2.75) is 32.4 Å². The number of carbonyl (C=O) groups is 1. The average molecular weight is 358 g/mol. The number of hydrogen-bond donors (Lipinski definition) is 0. The minimum atomic E-state index is -0.192. The van der Waals surface area contributed by atoms with Gasteiger partial charge in [-0.1, -0.05) is 12.1 Å². The van der Waals surface area contributed by atoms with Crippen LogP contribution in [0.3, 0.4) is 0 Å². The van der Waals surface area contributed by atoms with Gasteiger partial charge in [0, 0.05) is 42.5 Å². The van der Waals surface area contributed by atoms with Crippen molar-refractivity contribution in [1.82, 2.24) is 9.80 Å². The molecular formula is C20H23FN2OS. The van der Waals surface area contributed by atoms with Gasteiger partial charge in [-0.25, -0.2) is 4.39 Å². The summed E-state index contributed by atoms with van der Waals surface area (Å²) in [6.07, 6.45) is 2.27. The van der Waals surface area contributed by atoms with E-state index in [-0.39, 0.29) is 17.8 Å². The molecule has 3 fully saturated rings. The summed E-state index contributed by atoms with van der Waals surface area (Å²) < 4.78 is 13.1. The Hall–Kier alpha value is -1.72. The fourth-order valence-corrected chi connectivity index (χ4v) is 4.80. The molecule has 2 aromatic rings. The van der Waals surface area contributed by atoms with Gasteiger partial charge in [0.05, 0.1) is 5.56 Å². The molecule has 2 atom stereocenters. The van der Waals surface area contributed by atoms with Gasteiger partial charge in [0.15, 0.2) is 0 Å². The van der Waals surface area contributed by atoms with Crippen molar-refractivity contribution in [2.24, 2.45) is 5.92 Å². The van der Waals surface area contributed by atoms with Crippen LogP contribution in [0.25, 0.3) is 0 Å². The summed E-state index contributed by atoms with van der Waals surface area (Å²) in [6, 6.07) is 9.06. The van der Waals surface area contributed by atoms with E-state index in [2.05, 4.69) is 9.80 Å². The Kier molecular flexibility index (Phi) is 4.61. The monoisotopic (exact) mass is 358 g/mol. The molecule has 0 N–H and O–H groups in total. The standard InChI is InChI=1S/C20H23FN2OS/c1-14-8-17(13-25-14)20(24)23-11-16-4-7-19(23)12-22(10-16)9-15-2-5-18(21)6-3-15/h2-3,5-6,8,13,16,19H,4,7,9-12H2,1H3/t16-,19+/m0/s1. The lowest BCUT2D eigenvalue weighted by molar-refractivity contribution is 0.0585. The predicted molar refractivity (Wildman–Crippen MR) is 98.3 cm³/mol. The molecule has 5 rings (SSSR count). The first-order valence-corrected chi connectivity index (χ1v) is 9.79. The fraction of sp³-hybridized carbons (Fsp3) is 0.450. The zero-order chi connectivity index (χ0) is 17.4. The van der Waals surface area contributed by atoms with Gasteiger partial charge in [-0.15, -0.1) is 11.3 Å². The first-order valence-electron chi connectivity index (χ1n) is 8.91. The number of thiophene rings is 1. The Bertz CT molecular complexity index is 757. The van der Waals surface area contributed by atoms with Crippen molar-refractivity contribution in [3.63, 3.8) is 0 Å². The molecule has 2 bridgehead atoms. The number of amides is 1. The SMILES string of the molecule is Cc1cc(C(=O)N2C[C@H]3CC[C@@H]2CN(Cc2ccc(F)cc2)C3)cs1. The molecule has 3 aliphatic rings. The van der Waals surface area contributed by atoms with E-state index in [4.69, 9.17) is 0 Å². The lowest BCUT2D eigenvalue weighted by Crippen LogP contribution is -2.47. The van der Waals surface area contributed by atoms with Crippen LogP contribution in [0.4, 0.5) is 4.39 Å². The number of aryl methyl sites for hydroxylation is 1. The first-order chi connectivity index (χ1) is 12.1. The largest absolute Gasteiger partial charge is 0.334 e. The highest BCUT2D eigenvalue weighted by molar-refractivity contribution is 7.10. The molecule has 3 saturated heterocycles. The molecule has 4 heterocycles. The molecule has 0 unspecified atom stereocenters. The van der Waals surface area contributed by atoms with Crippen LogP contribution in [0, 0.1) is 18.7 Å². The summed E-state index contributed by atoms with van der Waals surface area (Å²) in [5, 5.41) is 1.98. The fourth-order valence-electron chi connectivity index (χ4n) is 4.13. The van der Waals surface area contributed by atoms with Gasteiger partial charge in [-0.2, -0.15) is 0 Å². The van der Waals surface area contributed by atoms with Crippen LogP contribution in [0.2, 0.25) is 0 Å². The van der Waals surface area contributed by atoms with Crippen molar-refractivity contribution in [3.05, 3.63) is 57.5 Å². The van der Waals surface area contributed by atoms with Gasteiger partial charge in [0.25, 0.3) is 5.91 Å². The lowest BCUT2D eigenvalue weighted by atomic mass is 9.94. The van der Waals surface area contributed by atoms with Crippen LogP contribution in [-0.2, 0) is 6.54 Å². The molecule has 3 aliphatic heterocycles. The van der Waals surface area contributed by atoms with E-state index in [0.29, 0.717) is 5.92 Å². The second-order valence-corrected chi connectivity index (χ2v) is 8.44. The summed E-state index contributed by atoms with van der Waals surface area (Å²) >= 11 is 1.64. The molecule has 0 radical (unpaired) electrons. The summed E-state index contributed by atoms with van der Waals surface area (Å²) in [5.41, 5.74) is 1.97. The van der Waals surface area contributed by atoms with Crippen LogP contribution < -0.4 is 0 Å². The number of carbonyl (C=O) groups excluding carboxylic acids is 1. The molecule has 132 valence electrons. The molecule has 25 heavy (non-hydrogen) atoms.